The SMILES string of the molecule is CCOC(=O)c1cc(F)c(F)c2nc(Cl)n(COCC[Si](C)(C)C)c12. The van der Waals surface area contributed by atoms with Crippen LogP contribution in [0.3, 0.4) is 0 Å². The Labute approximate surface area is 150 Å². The van der Waals surface area contributed by atoms with Gasteiger partial charge in [-0.05, 0) is 30.6 Å². The molecule has 0 N–H and O–H groups in total. The third kappa shape index (κ3) is 4.56. The lowest BCUT2D eigenvalue weighted by molar-refractivity contribution is 0.0526. The van der Waals surface area contributed by atoms with Gasteiger partial charge >= 0.3 is 5.97 Å². The van der Waals surface area contributed by atoms with Crippen molar-refractivity contribution in [2.45, 2.75) is 39.3 Å². The summed E-state index contributed by atoms with van der Waals surface area (Å²) in [5.41, 5.74) is -0.388. The minimum absolute atomic E-state index is 0.0166. The van der Waals surface area contributed by atoms with Crippen LogP contribution in [0.5, 0.6) is 0 Å². The third-order valence-corrected chi connectivity index (χ3v) is 5.57. The summed E-state index contributed by atoms with van der Waals surface area (Å²) in [6, 6.07) is 1.73. The van der Waals surface area contributed by atoms with E-state index in [4.69, 9.17) is 21.1 Å². The summed E-state index contributed by atoms with van der Waals surface area (Å²) in [5.74, 6) is -3.12. The zero-order chi connectivity index (χ0) is 18.8. The molecule has 0 fully saturated rings. The molecule has 0 unspecified atom stereocenters. The van der Waals surface area contributed by atoms with Crippen LogP contribution in [0.4, 0.5) is 8.78 Å². The van der Waals surface area contributed by atoms with Crippen LogP contribution in [0.2, 0.25) is 31.0 Å². The van der Waals surface area contributed by atoms with Crippen molar-refractivity contribution in [3.63, 3.8) is 0 Å². The van der Waals surface area contributed by atoms with E-state index in [0.29, 0.717) is 6.61 Å². The minimum Gasteiger partial charge on any atom is -0.462 e. The molecule has 0 bridgehead atoms. The second-order valence-corrected chi connectivity index (χ2v) is 12.8. The first-order valence-corrected chi connectivity index (χ1v) is 12.0. The van der Waals surface area contributed by atoms with Crippen LogP contribution in [-0.2, 0) is 16.2 Å². The van der Waals surface area contributed by atoms with Gasteiger partial charge < -0.3 is 9.47 Å². The van der Waals surface area contributed by atoms with Gasteiger partial charge in [0, 0.05) is 14.7 Å². The Morgan fingerprint density at radius 3 is 2.64 bits per heavy atom. The van der Waals surface area contributed by atoms with Crippen molar-refractivity contribution in [1.29, 1.82) is 0 Å². The van der Waals surface area contributed by atoms with E-state index in [0.717, 1.165) is 12.1 Å². The maximum Gasteiger partial charge on any atom is 0.340 e. The molecule has 0 saturated heterocycles. The number of aromatic nitrogens is 2. The summed E-state index contributed by atoms with van der Waals surface area (Å²) in [4.78, 5) is 16.0. The molecule has 0 saturated carbocycles. The molecule has 2 aromatic rings. The first-order valence-electron chi connectivity index (χ1n) is 7.94. The molecule has 5 nitrogen and oxygen atoms in total. The number of ether oxygens (including phenoxy) is 2. The van der Waals surface area contributed by atoms with Crippen LogP contribution in [0.25, 0.3) is 11.0 Å². The quantitative estimate of drug-likeness (QED) is 0.398. The van der Waals surface area contributed by atoms with Crippen LogP contribution in [-0.4, -0.2) is 36.8 Å². The summed E-state index contributed by atoms with van der Waals surface area (Å²) in [5, 5.41) is -0.0851. The predicted molar refractivity (Wildman–Crippen MR) is 94.7 cm³/mol. The number of rotatable bonds is 7. The number of esters is 1. The van der Waals surface area contributed by atoms with Crippen molar-refractivity contribution in [2.75, 3.05) is 13.2 Å². The Kier molecular flexibility index (Phi) is 6.18. The fourth-order valence-corrected chi connectivity index (χ4v) is 3.21. The van der Waals surface area contributed by atoms with Gasteiger partial charge in [-0.15, -0.1) is 0 Å². The largest absolute Gasteiger partial charge is 0.462 e. The average molecular weight is 391 g/mol. The molecule has 0 aliphatic heterocycles. The fraction of sp³-hybridized carbons (Fsp3) is 0.500. The molecule has 1 aromatic carbocycles. The normalized spacial score (nSPS) is 12.0. The lowest BCUT2D eigenvalue weighted by atomic mass is 10.1. The second kappa shape index (κ2) is 7.80. The Bertz CT molecular complexity index is 790. The van der Waals surface area contributed by atoms with Gasteiger partial charge in [0.1, 0.15) is 12.2 Å². The van der Waals surface area contributed by atoms with Gasteiger partial charge in [-0.3, -0.25) is 4.57 Å². The van der Waals surface area contributed by atoms with Crippen LogP contribution < -0.4 is 0 Å². The number of nitrogens with zero attached hydrogens (tertiary/aromatic N) is 2. The highest BCUT2D eigenvalue weighted by atomic mass is 35.5. The number of hydrogen-bond acceptors (Lipinski definition) is 4. The van der Waals surface area contributed by atoms with E-state index >= 15 is 0 Å². The molecule has 1 aromatic heterocycles. The molecule has 0 atom stereocenters. The smallest absolute Gasteiger partial charge is 0.340 e. The molecule has 1 heterocycles. The molecular formula is C16H21ClF2N2O3Si. The van der Waals surface area contributed by atoms with E-state index in [1.165, 1.54) is 4.57 Å². The molecule has 0 spiro atoms. The lowest BCUT2D eigenvalue weighted by Crippen LogP contribution is -2.22. The lowest BCUT2D eigenvalue weighted by Gasteiger charge is -2.16. The highest BCUT2D eigenvalue weighted by Crippen LogP contribution is 2.28. The van der Waals surface area contributed by atoms with Gasteiger partial charge in [-0.2, -0.15) is 0 Å². The van der Waals surface area contributed by atoms with E-state index < -0.39 is 25.7 Å². The van der Waals surface area contributed by atoms with Crippen LogP contribution in [0, 0.1) is 11.6 Å². The summed E-state index contributed by atoms with van der Waals surface area (Å²) in [7, 11) is -1.27. The van der Waals surface area contributed by atoms with E-state index in [9.17, 15) is 13.6 Å². The molecule has 0 radical (unpaired) electrons. The summed E-state index contributed by atoms with van der Waals surface area (Å²) < 4.78 is 39.7. The standard InChI is InChI=1S/C16H21ClF2N2O3Si/c1-5-24-15(22)10-8-11(18)12(19)13-14(10)21(16(17)20-13)9-23-6-7-25(2,3)4/h8H,5-7,9H2,1-4H3. The second-order valence-electron chi connectivity index (χ2n) is 6.79. The molecule has 9 heteroatoms. The number of imidazole rings is 1. The predicted octanol–water partition coefficient (Wildman–Crippen LogP) is 4.46. The van der Waals surface area contributed by atoms with E-state index in [2.05, 4.69) is 24.6 Å². The number of benzene rings is 1. The average Bonchev–Trinajstić information content (AvgIpc) is 2.83. The van der Waals surface area contributed by atoms with Gasteiger partial charge in [0.15, 0.2) is 11.6 Å². The number of fused-ring (bicyclic) bond motifs is 1. The zero-order valence-electron chi connectivity index (χ0n) is 14.7. The van der Waals surface area contributed by atoms with Gasteiger partial charge in [-0.1, -0.05) is 19.6 Å². The molecule has 25 heavy (non-hydrogen) atoms. The monoisotopic (exact) mass is 390 g/mol. The van der Waals surface area contributed by atoms with Crippen molar-refractivity contribution in [3.8, 4) is 0 Å². The number of carbonyl (C=O) groups is 1. The van der Waals surface area contributed by atoms with Crippen molar-refractivity contribution in [1.82, 2.24) is 9.55 Å². The molecule has 0 aliphatic rings. The summed E-state index contributed by atoms with van der Waals surface area (Å²) >= 11 is 6.05. The molecule has 0 aliphatic carbocycles. The number of hydrogen-bond donors (Lipinski definition) is 0. The number of carbonyl (C=O) groups excluding carboxylic acids is 1. The van der Waals surface area contributed by atoms with Gasteiger partial charge in [0.05, 0.1) is 17.7 Å². The van der Waals surface area contributed by atoms with Crippen molar-refractivity contribution < 1.29 is 23.0 Å². The van der Waals surface area contributed by atoms with E-state index in [-0.39, 0.29) is 35.2 Å². The Balaban J connectivity index is 2.41. The van der Waals surface area contributed by atoms with Crippen molar-refractivity contribution >= 4 is 36.7 Å². The third-order valence-electron chi connectivity index (χ3n) is 3.58. The topological polar surface area (TPSA) is 53.3 Å². The van der Waals surface area contributed by atoms with Gasteiger partial charge in [0.2, 0.25) is 5.28 Å². The Morgan fingerprint density at radius 1 is 1.36 bits per heavy atom. The van der Waals surface area contributed by atoms with Crippen LogP contribution in [0.15, 0.2) is 6.07 Å². The first-order chi connectivity index (χ1) is 11.7. The van der Waals surface area contributed by atoms with Crippen LogP contribution >= 0.6 is 11.6 Å². The molecular weight excluding hydrogens is 370 g/mol. The molecule has 138 valence electrons. The highest BCUT2D eigenvalue weighted by Gasteiger charge is 2.24. The highest BCUT2D eigenvalue weighted by molar-refractivity contribution is 6.76. The van der Waals surface area contributed by atoms with E-state index in [1.807, 2.05) is 0 Å². The van der Waals surface area contributed by atoms with E-state index in [1.54, 1.807) is 6.92 Å². The van der Waals surface area contributed by atoms with Gasteiger partial charge in [-0.25, -0.2) is 18.6 Å². The fourth-order valence-electron chi connectivity index (χ4n) is 2.24. The molecule has 0 amide bonds. The van der Waals surface area contributed by atoms with Gasteiger partial charge in [0.25, 0.3) is 0 Å². The zero-order valence-corrected chi connectivity index (χ0v) is 16.4. The maximum atomic E-state index is 14.1. The maximum absolute atomic E-state index is 14.1. The first kappa shape index (κ1) is 19.8. The Hall–Kier alpha value is -1.51. The Morgan fingerprint density at radius 2 is 2.04 bits per heavy atom. The van der Waals surface area contributed by atoms with Crippen LogP contribution in [0.1, 0.15) is 17.3 Å². The molecule has 2 rings (SSSR count). The van der Waals surface area contributed by atoms with Crippen molar-refractivity contribution in [2.24, 2.45) is 0 Å². The summed E-state index contributed by atoms with van der Waals surface area (Å²) in [6.07, 6.45) is 0. The number of halogens is 3. The van der Waals surface area contributed by atoms with Crippen molar-refractivity contribution in [3.05, 3.63) is 28.5 Å². The summed E-state index contributed by atoms with van der Waals surface area (Å²) in [6.45, 7) is 8.86. The minimum atomic E-state index is -1.27.